The van der Waals surface area contributed by atoms with Crippen molar-refractivity contribution in [2.75, 3.05) is 18.4 Å². The molecule has 0 bridgehead atoms. The number of carboxylic acid groups (broad SMARTS) is 1. The van der Waals surface area contributed by atoms with Crippen LogP contribution >= 0.6 is 0 Å². The standard InChI is InChI=1S/C20H20FN3O4/c21-16-5-7-17(8-6-16)23-18(25)14-3-1-13(2-4-14)11-22-20(28)24-10-9-15(12-24)19(26)27/h1-8,15H,9-12H2,(H,22,28)(H,23,25)(H,26,27). The summed E-state index contributed by atoms with van der Waals surface area (Å²) in [6.07, 6.45) is 0.459. The van der Waals surface area contributed by atoms with Gasteiger partial charge in [-0.25, -0.2) is 9.18 Å². The summed E-state index contributed by atoms with van der Waals surface area (Å²) in [5.41, 5.74) is 1.73. The molecule has 3 rings (SSSR count). The summed E-state index contributed by atoms with van der Waals surface area (Å²) in [7, 11) is 0. The third-order valence-electron chi connectivity index (χ3n) is 4.59. The molecule has 146 valence electrons. The SMILES string of the molecule is O=C(Nc1ccc(F)cc1)c1ccc(CNC(=O)N2CCC(C(=O)O)C2)cc1. The van der Waals surface area contributed by atoms with E-state index in [4.69, 9.17) is 5.11 Å². The Hall–Kier alpha value is -3.42. The van der Waals surface area contributed by atoms with Crippen molar-refractivity contribution >= 4 is 23.6 Å². The number of halogens is 1. The van der Waals surface area contributed by atoms with E-state index in [9.17, 15) is 18.8 Å². The fourth-order valence-corrected chi connectivity index (χ4v) is 2.95. The maximum Gasteiger partial charge on any atom is 0.317 e. The van der Waals surface area contributed by atoms with Gasteiger partial charge in [-0.2, -0.15) is 0 Å². The topological polar surface area (TPSA) is 98.7 Å². The third kappa shape index (κ3) is 4.85. The molecular formula is C20H20FN3O4. The van der Waals surface area contributed by atoms with Crippen molar-refractivity contribution in [2.24, 2.45) is 5.92 Å². The van der Waals surface area contributed by atoms with Gasteiger partial charge in [-0.3, -0.25) is 9.59 Å². The van der Waals surface area contributed by atoms with E-state index in [1.54, 1.807) is 24.3 Å². The number of benzene rings is 2. The summed E-state index contributed by atoms with van der Waals surface area (Å²) in [4.78, 5) is 36.8. The van der Waals surface area contributed by atoms with Gasteiger partial charge in [-0.05, 0) is 48.4 Å². The van der Waals surface area contributed by atoms with Crippen LogP contribution < -0.4 is 10.6 Å². The lowest BCUT2D eigenvalue weighted by atomic mass is 10.1. The maximum absolute atomic E-state index is 12.9. The van der Waals surface area contributed by atoms with Gasteiger partial charge < -0.3 is 20.6 Å². The molecule has 0 saturated carbocycles. The minimum absolute atomic E-state index is 0.212. The Bertz CT molecular complexity index is 868. The first-order valence-corrected chi connectivity index (χ1v) is 8.84. The number of aliphatic carboxylic acids is 1. The molecule has 1 fully saturated rings. The monoisotopic (exact) mass is 385 g/mol. The lowest BCUT2D eigenvalue weighted by Crippen LogP contribution is -2.38. The van der Waals surface area contributed by atoms with E-state index in [2.05, 4.69) is 10.6 Å². The average Bonchev–Trinajstić information content (AvgIpc) is 3.19. The Balaban J connectivity index is 1.50. The third-order valence-corrected chi connectivity index (χ3v) is 4.59. The van der Waals surface area contributed by atoms with E-state index in [0.29, 0.717) is 24.2 Å². The Morgan fingerprint density at radius 1 is 1.07 bits per heavy atom. The number of urea groups is 1. The molecule has 1 aliphatic heterocycles. The fraction of sp³-hybridized carbons (Fsp3) is 0.250. The Morgan fingerprint density at radius 3 is 2.36 bits per heavy atom. The van der Waals surface area contributed by atoms with Crippen LogP contribution in [0.1, 0.15) is 22.3 Å². The summed E-state index contributed by atoms with van der Waals surface area (Å²) in [5, 5.41) is 14.4. The number of hydrogen-bond donors (Lipinski definition) is 3. The Labute approximate surface area is 161 Å². The summed E-state index contributed by atoms with van der Waals surface area (Å²) in [6, 6.07) is 11.9. The van der Waals surface area contributed by atoms with Gasteiger partial charge in [0.25, 0.3) is 5.91 Å². The highest BCUT2D eigenvalue weighted by Gasteiger charge is 2.30. The summed E-state index contributed by atoms with van der Waals surface area (Å²) >= 11 is 0. The minimum atomic E-state index is -0.884. The quantitative estimate of drug-likeness (QED) is 0.737. The number of carboxylic acids is 1. The largest absolute Gasteiger partial charge is 0.481 e. The van der Waals surface area contributed by atoms with Crippen LogP contribution in [0.4, 0.5) is 14.9 Å². The first kappa shape index (κ1) is 19.3. The molecule has 0 aliphatic carbocycles. The van der Waals surface area contributed by atoms with E-state index in [-0.39, 0.29) is 30.8 Å². The van der Waals surface area contributed by atoms with Crippen molar-refractivity contribution in [3.8, 4) is 0 Å². The maximum atomic E-state index is 12.9. The van der Waals surface area contributed by atoms with Crippen LogP contribution in [0.2, 0.25) is 0 Å². The second-order valence-corrected chi connectivity index (χ2v) is 6.59. The number of carbonyl (C=O) groups excluding carboxylic acids is 2. The highest BCUT2D eigenvalue weighted by atomic mass is 19.1. The summed E-state index contributed by atoms with van der Waals surface area (Å²) < 4.78 is 12.9. The number of anilines is 1. The van der Waals surface area contributed by atoms with Gasteiger partial charge in [0.1, 0.15) is 5.82 Å². The summed E-state index contributed by atoms with van der Waals surface area (Å²) in [6.45, 7) is 0.905. The zero-order chi connectivity index (χ0) is 20.1. The van der Waals surface area contributed by atoms with Crippen molar-refractivity contribution in [3.63, 3.8) is 0 Å². The van der Waals surface area contributed by atoms with Crippen molar-refractivity contribution in [1.82, 2.24) is 10.2 Å². The Kier molecular flexibility index (Phi) is 5.88. The molecule has 8 heteroatoms. The van der Waals surface area contributed by atoms with Crippen molar-refractivity contribution in [1.29, 1.82) is 0 Å². The van der Waals surface area contributed by atoms with E-state index in [1.165, 1.54) is 29.2 Å². The summed E-state index contributed by atoms with van der Waals surface area (Å²) in [5.74, 6) is -2.09. The number of rotatable bonds is 5. The van der Waals surface area contributed by atoms with Crippen molar-refractivity contribution in [3.05, 3.63) is 65.5 Å². The molecule has 1 aliphatic rings. The zero-order valence-corrected chi connectivity index (χ0v) is 15.0. The van der Waals surface area contributed by atoms with E-state index in [1.807, 2.05) is 0 Å². The van der Waals surface area contributed by atoms with Crippen molar-refractivity contribution in [2.45, 2.75) is 13.0 Å². The van der Waals surface area contributed by atoms with E-state index < -0.39 is 11.9 Å². The van der Waals surface area contributed by atoms with Crippen LogP contribution in [0, 0.1) is 11.7 Å². The number of nitrogens with one attached hydrogen (secondary N) is 2. The van der Waals surface area contributed by atoms with Gasteiger partial charge in [0.2, 0.25) is 0 Å². The first-order chi connectivity index (χ1) is 13.4. The molecule has 3 amide bonds. The molecular weight excluding hydrogens is 365 g/mol. The predicted octanol–water partition coefficient (Wildman–Crippen LogP) is 2.69. The van der Waals surface area contributed by atoms with Crippen LogP contribution in [0.5, 0.6) is 0 Å². The molecule has 0 radical (unpaired) electrons. The Morgan fingerprint density at radius 2 is 1.75 bits per heavy atom. The highest BCUT2D eigenvalue weighted by Crippen LogP contribution is 2.16. The lowest BCUT2D eigenvalue weighted by Gasteiger charge is -2.16. The van der Waals surface area contributed by atoms with Crippen molar-refractivity contribution < 1.29 is 23.9 Å². The molecule has 1 saturated heterocycles. The molecule has 1 heterocycles. The average molecular weight is 385 g/mol. The lowest BCUT2D eigenvalue weighted by molar-refractivity contribution is -0.141. The molecule has 2 aromatic rings. The van der Waals surface area contributed by atoms with E-state index in [0.717, 1.165) is 5.56 Å². The van der Waals surface area contributed by atoms with Gasteiger partial charge in [0, 0.05) is 30.9 Å². The van der Waals surface area contributed by atoms with Gasteiger partial charge in [-0.15, -0.1) is 0 Å². The van der Waals surface area contributed by atoms with Gasteiger partial charge in [-0.1, -0.05) is 12.1 Å². The predicted molar refractivity (Wildman–Crippen MR) is 100 cm³/mol. The van der Waals surface area contributed by atoms with E-state index >= 15 is 0 Å². The van der Waals surface area contributed by atoms with Crippen LogP contribution in [0.3, 0.4) is 0 Å². The number of amides is 3. The highest BCUT2D eigenvalue weighted by molar-refractivity contribution is 6.04. The number of likely N-dealkylation sites (tertiary alicyclic amines) is 1. The van der Waals surface area contributed by atoms with Crippen LogP contribution in [0.15, 0.2) is 48.5 Å². The first-order valence-electron chi connectivity index (χ1n) is 8.84. The smallest absolute Gasteiger partial charge is 0.317 e. The van der Waals surface area contributed by atoms with Crippen LogP contribution in [-0.4, -0.2) is 41.0 Å². The second kappa shape index (κ2) is 8.51. The van der Waals surface area contributed by atoms with Gasteiger partial charge in [0.15, 0.2) is 0 Å². The molecule has 0 spiro atoms. The second-order valence-electron chi connectivity index (χ2n) is 6.59. The molecule has 1 atom stereocenters. The van der Waals surface area contributed by atoms with Gasteiger partial charge >= 0.3 is 12.0 Å². The van der Waals surface area contributed by atoms with Crippen LogP contribution in [-0.2, 0) is 11.3 Å². The normalized spacial score (nSPS) is 15.9. The van der Waals surface area contributed by atoms with Crippen LogP contribution in [0.25, 0.3) is 0 Å². The number of hydrogen-bond acceptors (Lipinski definition) is 3. The number of nitrogens with zero attached hydrogens (tertiary/aromatic N) is 1. The molecule has 3 N–H and O–H groups in total. The molecule has 1 unspecified atom stereocenters. The molecule has 0 aromatic heterocycles. The fourth-order valence-electron chi connectivity index (χ4n) is 2.95. The zero-order valence-electron chi connectivity index (χ0n) is 15.0. The molecule has 28 heavy (non-hydrogen) atoms. The molecule has 7 nitrogen and oxygen atoms in total. The molecule has 2 aromatic carbocycles. The minimum Gasteiger partial charge on any atom is -0.481 e. The number of carbonyl (C=O) groups is 3. The van der Waals surface area contributed by atoms with Gasteiger partial charge in [0.05, 0.1) is 5.92 Å².